The lowest BCUT2D eigenvalue weighted by atomic mass is 10.4. The van der Waals surface area contributed by atoms with Gasteiger partial charge in [-0.1, -0.05) is 13.3 Å². The Hall–Kier alpha value is -2.49. The SMILES string of the molecule is CC[13CH2][13CH]1[13CH2][13CH2][13CH2]N1CC(=O)NCCC(=O)[15NH][13CH2][13CH2][13C](=O)ON1C(=O)CCC1=O. The van der Waals surface area contributed by atoms with Gasteiger partial charge < -0.3 is 15.5 Å². The Labute approximate surface area is 170 Å². The van der Waals surface area contributed by atoms with Gasteiger partial charge >= 0.3 is 5.97 Å². The van der Waals surface area contributed by atoms with E-state index in [1.54, 1.807) is 0 Å². The van der Waals surface area contributed by atoms with Gasteiger partial charge in [-0.3, -0.25) is 24.1 Å². The van der Waals surface area contributed by atoms with Crippen molar-refractivity contribution in [2.75, 3.05) is 26.2 Å². The summed E-state index contributed by atoms with van der Waals surface area (Å²) in [5, 5.41) is 5.76. The number of likely N-dealkylation sites (tertiary alicyclic amines) is 1. The summed E-state index contributed by atoms with van der Waals surface area (Å²) >= 11 is 0. The summed E-state index contributed by atoms with van der Waals surface area (Å²) in [5.41, 5.74) is 0. The van der Waals surface area contributed by atoms with Gasteiger partial charge in [-0.15, -0.1) is 5.06 Å². The van der Waals surface area contributed by atoms with Gasteiger partial charge in [-0.2, -0.15) is 0 Å². The second kappa shape index (κ2) is 11.5. The van der Waals surface area contributed by atoms with Gasteiger partial charge in [0.1, 0.15) is 0 Å². The molecule has 1 atom stereocenters. The maximum absolute atomic E-state index is 12.0. The molecule has 2 saturated heterocycles. The molecule has 0 radical (unpaired) electrons. The van der Waals surface area contributed by atoms with Gasteiger partial charge in [-0.05, 0) is 25.8 Å². The van der Waals surface area contributed by atoms with Gasteiger partial charge in [0, 0.05) is 38.4 Å². The largest absolute Gasteiger partial charge is 0.355 e. The van der Waals surface area contributed by atoms with Crippen molar-refractivity contribution in [3.8, 4) is 0 Å². The van der Waals surface area contributed by atoms with E-state index in [4.69, 9.17) is 4.84 Å². The number of hydrogen-bond acceptors (Lipinski definition) is 7. The van der Waals surface area contributed by atoms with Crippen LogP contribution in [0.1, 0.15) is 58.3 Å². The number of nitrogens with zero attached hydrogens (tertiary/aromatic N) is 2. The molecule has 0 aromatic carbocycles. The molecule has 0 spiro atoms. The van der Waals surface area contributed by atoms with E-state index in [9.17, 15) is 24.0 Å². The van der Waals surface area contributed by atoms with Crippen LogP contribution in [0.25, 0.3) is 0 Å². The summed E-state index contributed by atoms with van der Waals surface area (Å²) < 4.78 is 0. The number of rotatable bonds is 11. The molecule has 0 bridgehead atoms. The van der Waals surface area contributed by atoms with Crippen LogP contribution in [-0.4, -0.2) is 71.8 Å². The minimum Gasteiger partial charge on any atom is -0.355 e. The van der Waals surface area contributed by atoms with E-state index in [0.29, 0.717) is 17.6 Å². The number of amides is 4. The van der Waals surface area contributed by atoms with Crippen molar-refractivity contribution in [1.82, 2.24) is 20.6 Å². The third-order valence-electron chi connectivity index (χ3n) is 4.99. The van der Waals surface area contributed by atoms with E-state index in [-0.39, 0.29) is 50.6 Å². The van der Waals surface area contributed by atoms with Crippen molar-refractivity contribution in [2.45, 2.75) is 64.3 Å². The second-order valence-electron chi connectivity index (χ2n) is 7.30. The molecule has 0 aliphatic carbocycles. The molecule has 2 N–H and O–H groups in total. The number of hydroxylamine groups is 2. The summed E-state index contributed by atoms with van der Waals surface area (Å²) in [6.07, 6.45) is 4.44. The molecule has 162 valence electrons. The molecule has 1 unspecified atom stereocenters. The average molecular weight is 419 g/mol. The van der Waals surface area contributed by atoms with Crippen LogP contribution in [0.2, 0.25) is 0 Å². The average Bonchev–Trinajstić information content (AvgIpc) is 3.23. The first-order chi connectivity index (χ1) is 13.9. The van der Waals surface area contributed by atoms with Crippen LogP contribution in [-0.2, 0) is 28.8 Å². The Morgan fingerprint density at radius 3 is 2.38 bits per heavy atom. The van der Waals surface area contributed by atoms with E-state index in [2.05, 4.69) is 22.5 Å². The topological polar surface area (TPSA) is 125 Å². The minimum absolute atomic E-state index is 0.0221. The van der Waals surface area contributed by atoms with Gasteiger partial charge in [0.15, 0.2) is 0 Å². The van der Waals surface area contributed by atoms with Crippen molar-refractivity contribution in [3.05, 3.63) is 0 Å². The van der Waals surface area contributed by atoms with Crippen LogP contribution < -0.4 is 10.6 Å². The number of nitrogens with one attached hydrogen (secondary N) is 2. The van der Waals surface area contributed by atoms with Gasteiger partial charge in [0.25, 0.3) is 11.8 Å². The van der Waals surface area contributed by atoms with E-state index in [0.717, 1.165) is 32.2 Å². The molecule has 0 aromatic rings. The number of hydrogen-bond donors (Lipinski definition) is 2. The molecule has 2 aliphatic heterocycles. The molecule has 2 heterocycles. The first kappa shape index (κ1) is 22.8. The highest BCUT2D eigenvalue weighted by Gasteiger charge is 2.32. The lowest BCUT2D eigenvalue weighted by molar-refractivity contribution is -0.197. The molecule has 10 heteroatoms. The highest BCUT2D eigenvalue weighted by Crippen LogP contribution is 2.20. The van der Waals surface area contributed by atoms with Gasteiger partial charge in [-0.25, -0.2) is 4.79 Å². The summed E-state index contributed by atoms with van der Waals surface area (Å²) in [7, 11) is 0. The second-order valence-corrected chi connectivity index (χ2v) is 7.30. The molecule has 10 nitrogen and oxygen atoms in total. The molecule has 0 aromatic heterocycles. The van der Waals surface area contributed by atoms with Crippen LogP contribution in [0.3, 0.4) is 0 Å². The molecule has 2 fully saturated rings. The Morgan fingerprint density at radius 1 is 1.03 bits per heavy atom. The molecule has 29 heavy (non-hydrogen) atoms. The lowest BCUT2D eigenvalue weighted by Crippen LogP contribution is -2.41. The third-order valence-corrected chi connectivity index (χ3v) is 4.99. The quantitative estimate of drug-likeness (QED) is 0.272. The van der Waals surface area contributed by atoms with E-state index < -0.39 is 17.8 Å². The minimum atomic E-state index is -0.769. The Bertz CT molecular complexity index is 622. The van der Waals surface area contributed by atoms with Gasteiger partial charge in [0.05, 0.1) is 13.0 Å². The summed E-state index contributed by atoms with van der Waals surface area (Å²) in [4.78, 5) is 65.1. The molecule has 0 saturated carbocycles. The maximum Gasteiger partial charge on any atom is 0.334 e. The van der Waals surface area contributed by atoms with E-state index in [1.807, 2.05) is 0 Å². The highest BCUT2D eigenvalue weighted by molar-refractivity contribution is 6.01. The zero-order valence-corrected chi connectivity index (χ0v) is 16.9. The van der Waals surface area contributed by atoms with Crippen LogP contribution >= 0.6 is 0 Å². The predicted octanol–water partition coefficient (Wildman–Crippen LogP) is -0.129. The van der Waals surface area contributed by atoms with Crippen molar-refractivity contribution in [1.29, 1.82) is 0 Å². The van der Waals surface area contributed by atoms with Crippen LogP contribution in [0.4, 0.5) is 0 Å². The Morgan fingerprint density at radius 2 is 1.69 bits per heavy atom. The first-order valence-corrected chi connectivity index (χ1v) is 10.2. The molecule has 2 aliphatic rings. The summed E-state index contributed by atoms with van der Waals surface area (Å²) in [5.74, 6) is -2.26. The van der Waals surface area contributed by atoms with Crippen LogP contribution in [0, 0.1) is 0 Å². The van der Waals surface area contributed by atoms with Crippen molar-refractivity contribution in [3.63, 3.8) is 0 Å². The normalized spacial score (nSPS) is 19.5. The fraction of sp³-hybridized carbons (Fsp3) is 0.737. The smallest absolute Gasteiger partial charge is 0.334 e. The van der Waals surface area contributed by atoms with Crippen LogP contribution in [0.15, 0.2) is 0 Å². The molecular weight excluding hydrogens is 389 g/mol. The van der Waals surface area contributed by atoms with Crippen molar-refractivity contribution >= 4 is 29.6 Å². The number of carbonyl (C=O) groups is 5. The van der Waals surface area contributed by atoms with E-state index >= 15 is 0 Å². The standard InChI is InChI=1S/C19H30N4O6/c1-2-4-14-5-3-12-22(14)13-16(25)21-10-8-15(24)20-11-9-19(28)29-23-17(26)6-7-18(23)27/h14H,2-13H2,1H3,(H,20,24)(H,21,25)/i3+1,4+1,5+1,9+1,11+1,12+1,14+1,19+1,20+1. The first-order valence-electron chi connectivity index (χ1n) is 10.2. The molecule has 4 amide bonds. The predicted molar refractivity (Wildman–Crippen MR) is 102 cm³/mol. The summed E-state index contributed by atoms with van der Waals surface area (Å²) in [6, 6.07) is 0.472. The number of carbonyl (C=O) groups excluding carboxylic acids is 5. The van der Waals surface area contributed by atoms with Crippen molar-refractivity contribution < 1.29 is 28.8 Å². The fourth-order valence-corrected chi connectivity index (χ4v) is 3.52. The maximum atomic E-state index is 12.0. The van der Waals surface area contributed by atoms with E-state index in [1.165, 1.54) is 0 Å². The summed E-state index contributed by atoms with van der Waals surface area (Å²) in [6.45, 7) is 3.67. The monoisotopic (exact) mass is 419 g/mol. The third kappa shape index (κ3) is 7.45. The van der Waals surface area contributed by atoms with Gasteiger partial charge in [0.2, 0.25) is 11.8 Å². The highest BCUT2D eigenvalue weighted by atomic mass is 16.8. The van der Waals surface area contributed by atoms with Crippen molar-refractivity contribution in [2.24, 2.45) is 0 Å². The molecule has 2 rings (SSSR count). The molecular formula is C19H30N4O6. The Balaban J connectivity index is 1.54. The Kier molecular flexibility index (Phi) is 9.04. The van der Waals surface area contributed by atoms with Crippen LogP contribution in [0.5, 0.6) is 0 Å². The zero-order valence-electron chi connectivity index (χ0n) is 16.9. The lowest BCUT2D eigenvalue weighted by Gasteiger charge is -2.23. The fourth-order valence-electron chi connectivity index (χ4n) is 3.52. The number of imide groups is 1. The zero-order chi connectivity index (χ0) is 21.2.